The lowest BCUT2D eigenvalue weighted by molar-refractivity contribution is 0.145. The van der Waals surface area contributed by atoms with Gasteiger partial charge in [-0.25, -0.2) is 0 Å². The number of benzene rings is 2. The molecule has 20 heavy (non-hydrogen) atoms. The zero-order valence-corrected chi connectivity index (χ0v) is 11.0. The van der Waals surface area contributed by atoms with Gasteiger partial charge in [0.05, 0.1) is 6.54 Å². The minimum absolute atomic E-state index is 0.222. The van der Waals surface area contributed by atoms with Gasteiger partial charge in [0.25, 0.3) is 0 Å². The minimum atomic E-state index is -1.32. The fourth-order valence-corrected chi connectivity index (χ4v) is 2.58. The van der Waals surface area contributed by atoms with E-state index in [1.807, 2.05) is 60.7 Å². The molecule has 0 aliphatic heterocycles. The Morgan fingerprint density at radius 3 is 1.90 bits per heavy atom. The first-order valence-electron chi connectivity index (χ1n) is 6.55. The lowest BCUT2D eigenvalue weighted by Crippen LogP contribution is -2.27. The first-order chi connectivity index (χ1) is 9.75. The molecule has 2 aromatic carbocycles. The maximum absolute atomic E-state index is 11.2. The predicted octanol–water partition coefficient (Wildman–Crippen LogP) is 2.37. The van der Waals surface area contributed by atoms with Crippen molar-refractivity contribution in [2.45, 2.75) is 5.60 Å². The maximum atomic E-state index is 11.2. The summed E-state index contributed by atoms with van der Waals surface area (Å²) in [5.74, 6) is 5.76. The van der Waals surface area contributed by atoms with Gasteiger partial charge in [-0.15, -0.1) is 0 Å². The first kappa shape index (κ1) is 12.7. The molecule has 0 atom stereocenters. The molecule has 0 fully saturated rings. The van der Waals surface area contributed by atoms with Crippen LogP contribution in [-0.4, -0.2) is 11.7 Å². The third-order valence-corrected chi connectivity index (χ3v) is 3.51. The third kappa shape index (κ3) is 1.94. The Balaban J connectivity index is 2.34. The summed E-state index contributed by atoms with van der Waals surface area (Å²) in [6, 6.07) is 15.5. The Bertz CT molecular complexity index is 685. The summed E-state index contributed by atoms with van der Waals surface area (Å²) in [4.78, 5) is 0. The monoisotopic (exact) mass is 261 g/mol. The predicted molar refractivity (Wildman–Crippen MR) is 81.6 cm³/mol. The molecule has 98 valence electrons. The van der Waals surface area contributed by atoms with Crippen LogP contribution in [0.5, 0.6) is 0 Å². The van der Waals surface area contributed by atoms with Crippen LogP contribution in [0.3, 0.4) is 0 Å². The van der Waals surface area contributed by atoms with E-state index in [-0.39, 0.29) is 6.54 Å². The van der Waals surface area contributed by atoms with Gasteiger partial charge in [0.1, 0.15) is 0 Å². The van der Waals surface area contributed by atoms with Crippen molar-refractivity contribution < 1.29 is 5.11 Å². The summed E-state index contributed by atoms with van der Waals surface area (Å²) < 4.78 is 0. The van der Waals surface area contributed by atoms with Crippen molar-refractivity contribution in [2.75, 3.05) is 6.54 Å². The average Bonchev–Trinajstić information content (AvgIpc) is 2.62. The zero-order valence-electron chi connectivity index (χ0n) is 11.0. The molecule has 0 bridgehead atoms. The second-order valence-corrected chi connectivity index (χ2v) is 4.72. The number of aliphatic hydroxyl groups is 1. The van der Waals surface area contributed by atoms with E-state index in [0.717, 1.165) is 22.3 Å². The Hall–Kier alpha value is -2.34. The second kappa shape index (κ2) is 4.97. The Labute approximate surface area is 118 Å². The van der Waals surface area contributed by atoms with E-state index in [1.54, 1.807) is 0 Å². The molecule has 0 spiro atoms. The Morgan fingerprint density at radius 2 is 1.40 bits per heavy atom. The van der Waals surface area contributed by atoms with Gasteiger partial charge in [0.15, 0.2) is 5.60 Å². The summed E-state index contributed by atoms with van der Waals surface area (Å²) in [5, 5.41) is 11.2. The number of hydrogen-bond acceptors (Lipinski definition) is 2. The van der Waals surface area contributed by atoms with Crippen LogP contribution in [0.25, 0.3) is 12.2 Å². The highest BCUT2D eigenvalue weighted by Gasteiger charge is 2.34. The fraction of sp³-hybridized carbons (Fsp3) is 0.111. The summed E-state index contributed by atoms with van der Waals surface area (Å²) >= 11 is 0. The molecule has 0 saturated heterocycles. The van der Waals surface area contributed by atoms with Crippen LogP contribution >= 0.6 is 0 Å². The van der Waals surface area contributed by atoms with Crippen LogP contribution in [0, 0.1) is 11.8 Å². The molecule has 2 heteroatoms. The molecule has 2 nitrogen and oxygen atoms in total. The molecular formula is C18H15NO. The van der Waals surface area contributed by atoms with Gasteiger partial charge < -0.3 is 10.8 Å². The SMILES string of the molecule is NCC#CC1(O)c2ccccc2C=Cc2ccccc21. The molecule has 0 saturated carbocycles. The summed E-state index contributed by atoms with van der Waals surface area (Å²) in [6.45, 7) is 0.222. The maximum Gasteiger partial charge on any atom is 0.178 e. The average molecular weight is 261 g/mol. The summed E-state index contributed by atoms with van der Waals surface area (Å²) in [6.07, 6.45) is 4.02. The van der Waals surface area contributed by atoms with Gasteiger partial charge >= 0.3 is 0 Å². The largest absolute Gasteiger partial charge is 0.369 e. The van der Waals surface area contributed by atoms with Crippen LogP contribution in [0.15, 0.2) is 48.5 Å². The Kier molecular flexibility index (Phi) is 3.15. The number of fused-ring (bicyclic) bond motifs is 2. The molecule has 0 amide bonds. The first-order valence-corrected chi connectivity index (χ1v) is 6.55. The number of nitrogens with two attached hydrogens (primary N) is 1. The topological polar surface area (TPSA) is 46.2 Å². The molecule has 1 aliphatic rings. The van der Waals surface area contributed by atoms with E-state index >= 15 is 0 Å². The smallest absolute Gasteiger partial charge is 0.178 e. The molecular weight excluding hydrogens is 246 g/mol. The Morgan fingerprint density at radius 1 is 0.900 bits per heavy atom. The standard InChI is InChI=1S/C18H15NO/c19-13-5-12-18(20)16-8-3-1-6-14(16)10-11-15-7-2-4-9-17(15)18/h1-4,6-11,20H,13,19H2. The molecule has 0 unspecified atom stereocenters. The van der Waals surface area contributed by atoms with Gasteiger partial charge in [-0.2, -0.15) is 0 Å². The lowest BCUT2D eigenvalue weighted by atomic mass is 9.83. The molecule has 2 aromatic rings. The normalized spacial score (nSPS) is 14.5. The van der Waals surface area contributed by atoms with Gasteiger partial charge in [-0.1, -0.05) is 72.5 Å². The van der Waals surface area contributed by atoms with Gasteiger partial charge in [0, 0.05) is 11.1 Å². The van der Waals surface area contributed by atoms with Crippen molar-refractivity contribution in [3.63, 3.8) is 0 Å². The number of rotatable bonds is 0. The van der Waals surface area contributed by atoms with E-state index in [4.69, 9.17) is 5.73 Å². The summed E-state index contributed by atoms with van der Waals surface area (Å²) in [5.41, 5.74) is 7.69. The molecule has 3 N–H and O–H groups in total. The number of hydrogen-bond donors (Lipinski definition) is 2. The highest BCUT2D eigenvalue weighted by Crippen LogP contribution is 2.37. The lowest BCUT2D eigenvalue weighted by Gasteiger charge is -2.25. The molecule has 3 rings (SSSR count). The van der Waals surface area contributed by atoms with Crippen molar-refractivity contribution in [1.29, 1.82) is 0 Å². The fourth-order valence-electron chi connectivity index (χ4n) is 2.58. The van der Waals surface area contributed by atoms with Crippen molar-refractivity contribution >= 4 is 12.2 Å². The molecule has 1 aliphatic carbocycles. The molecule has 0 radical (unpaired) electrons. The van der Waals surface area contributed by atoms with E-state index in [1.165, 1.54) is 0 Å². The molecule has 0 aromatic heterocycles. The van der Waals surface area contributed by atoms with Crippen LogP contribution in [0.4, 0.5) is 0 Å². The van der Waals surface area contributed by atoms with Gasteiger partial charge in [-0.3, -0.25) is 0 Å². The zero-order chi connectivity index (χ0) is 14.0. The van der Waals surface area contributed by atoms with Crippen LogP contribution in [0.1, 0.15) is 22.3 Å². The second-order valence-electron chi connectivity index (χ2n) is 4.72. The van der Waals surface area contributed by atoms with E-state index in [0.29, 0.717) is 0 Å². The van der Waals surface area contributed by atoms with Crippen LogP contribution in [0.2, 0.25) is 0 Å². The van der Waals surface area contributed by atoms with Crippen molar-refractivity contribution in [3.8, 4) is 11.8 Å². The van der Waals surface area contributed by atoms with E-state index in [2.05, 4.69) is 11.8 Å². The molecule has 0 heterocycles. The minimum Gasteiger partial charge on any atom is -0.369 e. The van der Waals surface area contributed by atoms with Crippen molar-refractivity contribution in [3.05, 3.63) is 70.8 Å². The van der Waals surface area contributed by atoms with Crippen molar-refractivity contribution in [2.24, 2.45) is 5.73 Å². The highest BCUT2D eigenvalue weighted by atomic mass is 16.3. The van der Waals surface area contributed by atoms with Gasteiger partial charge in [0.2, 0.25) is 0 Å². The van der Waals surface area contributed by atoms with E-state index in [9.17, 15) is 5.11 Å². The van der Waals surface area contributed by atoms with Crippen LogP contribution in [-0.2, 0) is 5.60 Å². The summed E-state index contributed by atoms with van der Waals surface area (Å²) in [7, 11) is 0. The highest BCUT2D eigenvalue weighted by molar-refractivity contribution is 5.78. The third-order valence-electron chi connectivity index (χ3n) is 3.51. The van der Waals surface area contributed by atoms with Crippen LogP contribution < -0.4 is 5.73 Å². The van der Waals surface area contributed by atoms with E-state index < -0.39 is 5.60 Å². The van der Waals surface area contributed by atoms with Crippen molar-refractivity contribution in [1.82, 2.24) is 0 Å². The quantitative estimate of drug-likeness (QED) is 0.715. The van der Waals surface area contributed by atoms with Gasteiger partial charge in [-0.05, 0) is 11.1 Å².